The van der Waals surface area contributed by atoms with Gasteiger partial charge in [0.15, 0.2) is 0 Å². The van der Waals surface area contributed by atoms with E-state index in [1.54, 1.807) is 29.8 Å². The molecule has 0 aliphatic heterocycles. The highest BCUT2D eigenvalue weighted by Gasteiger charge is 2.33. The Kier molecular flexibility index (Phi) is 7.12. The second-order valence-electron chi connectivity index (χ2n) is 10.1. The van der Waals surface area contributed by atoms with Crippen LogP contribution >= 0.6 is 0 Å². The molecule has 4 aromatic rings. The molecule has 6 N–H and O–H groups in total. The van der Waals surface area contributed by atoms with Crippen molar-refractivity contribution in [3.63, 3.8) is 0 Å². The minimum absolute atomic E-state index is 0.0457. The number of nitrogens with zero attached hydrogens (tertiary/aromatic N) is 2. The van der Waals surface area contributed by atoms with Gasteiger partial charge in [0.1, 0.15) is 17.2 Å². The number of carbonyl (C=O) groups is 1. The molecule has 7 nitrogen and oxygen atoms in total. The zero-order valence-corrected chi connectivity index (χ0v) is 21.7. The lowest BCUT2D eigenvalue weighted by Gasteiger charge is -2.33. The number of amides is 1. The van der Waals surface area contributed by atoms with Crippen LogP contribution in [0.25, 0.3) is 5.69 Å². The highest BCUT2D eigenvalue weighted by molar-refractivity contribution is 6.03. The Morgan fingerprint density at radius 1 is 1.05 bits per heavy atom. The average molecular weight is 513 g/mol. The first-order valence-electron chi connectivity index (χ1n) is 12.9. The fraction of sp³-hybridized carbons (Fsp3) is 0.267. The Morgan fingerprint density at radius 3 is 2.55 bits per heavy atom. The van der Waals surface area contributed by atoms with Crippen LogP contribution in [-0.4, -0.2) is 22.2 Å². The number of hydrogen-bond donors (Lipinski definition) is 4. The topological polar surface area (TPSA) is 111 Å². The Labute approximate surface area is 222 Å². The molecule has 1 unspecified atom stereocenters. The summed E-state index contributed by atoms with van der Waals surface area (Å²) in [6.45, 7) is 4.93. The van der Waals surface area contributed by atoms with E-state index >= 15 is 4.39 Å². The standard InChI is InChI=1S/C30H33FN6O/c1-19-5-3-7-23(13-19)30(33,34-18-21-9-10-21)24-11-12-26(31)27(16-24)35-29(38)28-14-20(2)36-37(28)25-8-4-6-22(15-25)17-32/h3-8,11-16,21,34H,9-10,17-18,32-33H2,1-2H3,(H,35,38). The van der Waals surface area contributed by atoms with Crippen molar-refractivity contribution in [2.75, 3.05) is 11.9 Å². The SMILES string of the molecule is Cc1cccc(C(N)(NCC2CC2)c2ccc(F)c(NC(=O)c3cc(C)nn3-c3cccc(CN)c3)c2)c1. The molecule has 1 aromatic heterocycles. The van der Waals surface area contributed by atoms with Crippen molar-refractivity contribution >= 4 is 11.6 Å². The lowest BCUT2D eigenvalue weighted by atomic mass is 9.90. The molecule has 0 bridgehead atoms. The van der Waals surface area contributed by atoms with Crippen LogP contribution in [-0.2, 0) is 12.2 Å². The number of aromatic nitrogens is 2. The summed E-state index contributed by atoms with van der Waals surface area (Å²) in [5, 5.41) is 10.7. The second kappa shape index (κ2) is 10.5. The molecule has 0 spiro atoms. The first-order chi connectivity index (χ1) is 18.3. The molecule has 0 saturated heterocycles. The molecule has 38 heavy (non-hydrogen) atoms. The molecule has 1 amide bonds. The number of hydrogen-bond acceptors (Lipinski definition) is 5. The number of nitrogens with one attached hydrogen (secondary N) is 2. The van der Waals surface area contributed by atoms with Gasteiger partial charge in [-0.3, -0.25) is 10.1 Å². The van der Waals surface area contributed by atoms with Crippen LogP contribution in [0.5, 0.6) is 0 Å². The van der Waals surface area contributed by atoms with E-state index in [0.29, 0.717) is 29.4 Å². The first-order valence-corrected chi connectivity index (χ1v) is 12.9. The van der Waals surface area contributed by atoms with Gasteiger partial charge in [-0.2, -0.15) is 5.10 Å². The molecule has 1 atom stereocenters. The predicted octanol–water partition coefficient (Wildman–Crippen LogP) is 4.50. The summed E-state index contributed by atoms with van der Waals surface area (Å²) in [6.07, 6.45) is 2.34. The second-order valence-corrected chi connectivity index (χ2v) is 10.1. The zero-order valence-electron chi connectivity index (χ0n) is 21.7. The lowest BCUT2D eigenvalue weighted by molar-refractivity contribution is 0.101. The summed E-state index contributed by atoms with van der Waals surface area (Å²) < 4.78 is 16.6. The minimum atomic E-state index is -1.05. The van der Waals surface area contributed by atoms with Crippen LogP contribution < -0.4 is 22.1 Å². The number of carbonyl (C=O) groups excluding carboxylic acids is 1. The normalized spacial score (nSPS) is 14.8. The fourth-order valence-electron chi connectivity index (χ4n) is 4.61. The number of anilines is 1. The Balaban J connectivity index is 1.48. The van der Waals surface area contributed by atoms with Crippen LogP contribution in [0.2, 0.25) is 0 Å². The minimum Gasteiger partial charge on any atom is -0.326 e. The third kappa shape index (κ3) is 5.38. The first kappa shape index (κ1) is 25.8. The molecule has 1 aliphatic carbocycles. The number of nitrogens with two attached hydrogens (primary N) is 2. The maximum absolute atomic E-state index is 15.0. The number of aryl methyl sites for hydroxylation is 2. The molecule has 1 fully saturated rings. The molecule has 1 saturated carbocycles. The summed E-state index contributed by atoms with van der Waals surface area (Å²) >= 11 is 0. The van der Waals surface area contributed by atoms with Gasteiger partial charge in [0.05, 0.1) is 17.1 Å². The number of benzene rings is 3. The zero-order chi connectivity index (χ0) is 26.9. The monoisotopic (exact) mass is 512 g/mol. The lowest BCUT2D eigenvalue weighted by Crippen LogP contribution is -2.52. The van der Waals surface area contributed by atoms with Crippen molar-refractivity contribution in [1.29, 1.82) is 0 Å². The maximum Gasteiger partial charge on any atom is 0.274 e. The number of rotatable bonds is 9. The van der Waals surface area contributed by atoms with Crippen molar-refractivity contribution < 1.29 is 9.18 Å². The fourth-order valence-corrected chi connectivity index (χ4v) is 4.61. The Morgan fingerprint density at radius 2 is 1.82 bits per heavy atom. The third-order valence-electron chi connectivity index (χ3n) is 6.96. The molecule has 1 heterocycles. The molecular weight excluding hydrogens is 479 g/mol. The summed E-state index contributed by atoms with van der Waals surface area (Å²) in [4.78, 5) is 13.4. The van der Waals surface area contributed by atoms with Gasteiger partial charge in [0.25, 0.3) is 5.91 Å². The van der Waals surface area contributed by atoms with Crippen molar-refractivity contribution in [2.45, 2.75) is 38.9 Å². The van der Waals surface area contributed by atoms with Crippen molar-refractivity contribution in [3.05, 3.63) is 112 Å². The van der Waals surface area contributed by atoms with E-state index in [2.05, 4.69) is 15.7 Å². The van der Waals surface area contributed by atoms with Crippen LogP contribution in [0.1, 0.15) is 51.3 Å². The van der Waals surface area contributed by atoms with E-state index in [1.165, 1.54) is 18.9 Å². The van der Waals surface area contributed by atoms with E-state index < -0.39 is 17.4 Å². The van der Waals surface area contributed by atoms with Crippen molar-refractivity contribution in [3.8, 4) is 5.69 Å². The quantitative estimate of drug-likeness (QED) is 0.247. The molecule has 3 aromatic carbocycles. The van der Waals surface area contributed by atoms with Gasteiger partial charge in [-0.15, -0.1) is 0 Å². The summed E-state index contributed by atoms with van der Waals surface area (Å²) in [5.41, 5.74) is 16.9. The summed E-state index contributed by atoms with van der Waals surface area (Å²) in [7, 11) is 0. The van der Waals surface area contributed by atoms with Crippen LogP contribution in [0, 0.1) is 25.6 Å². The highest BCUT2D eigenvalue weighted by atomic mass is 19.1. The third-order valence-corrected chi connectivity index (χ3v) is 6.96. The van der Waals surface area contributed by atoms with Gasteiger partial charge in [0, 0.05) is 13.1 Å². The molecule has 0 radical (unpaired) electrons. The maximum atomic E-state index is 15.0. The van der Waals surface area contributed by atoms with Crippen LogP contribution in [0.3, 0.4) is 0 Å². The van der Waals surface area contributed by atoms with Gasteiger partial charge < -0.3 is 16.8 Å². The van der Waals surface area contributed by atoms with Crippen molar-refractivity contribution in [2.24, 2.45) is 17.4 Å². The van der Waals surface area contributed by atoms with E-state index in [0.717, 1.165) is 23.2 Å². The van der Waals surface area contributed by atoms with Gasteiger partial charge in [0.2, 0.25) is 0 Å². The van der Waals surface area contributed by atoms with E-state index in [-0.39, 0.29) is 11.4 Å². The van der Waals surface area contributed by atoms with E-state index in [1.807, 2.05) is 55.5 Å². The molecular formula is C30H33FN6O. The van der Waals surface area contributed by atoms with Crippen LogP contribution in [0.4, 0.5) is 10.1 Å². The Bertz CT molecular complexity index is 1480. The predicted molar refractivity (Wildman–Crippen MR) is 147 cm³/mol. The molecule has 196 valence electrons. The van der Waals surface area contributed by atoms with Gasteiger partial charge in [-0.1, -0.05) is 48.0 Å². The number of halogens is 1. The molecule has 8 heteroatoms. The summed E-state index contributed by atoms with van der Waals surface area (Å²) in [6, 6.07) is 21.7. The van der Waals surface area contributed by atoms with Gasteiger partial charge >= 0.3 is 0 Å². The molecule has 1 aliphatic rings. The average Bonchev–Trinajstić information content (AvgIpc) is 3.67. The van der Waals surface area contributed by atoms with E-state index in [9.17, 15) is 4.79 Å². The molecule has 5 rings (SSSR count). The largest absolute Gasteiger partial charge is 0.326 e. The van der Waals surface area contributed by atoms with Gasteiger partial charge in [-0.05, 0) is 79.6 Å². The van der Waals surface area contributed by atoms with Crippen molar-refractivity contribution in [1.82, 2.24) is 15.1 Å². The van der Waals surface area contributed by atoms with Crippen LogP contribution in [0.15, 0.2) is 72.8 Å². The van der Waals surface area contributed by atoms with E-state index in [4.69, 9.17) is 11.5 Å². The van der Waals surface area contributed by atoms with Gasteiger partial charge in [-0.25, -0.2) is 9.07 Å². The highest BCUT2D eigenvalue weighted by Crippen LogP contribution is 2.32. The summed E-state index contributed by atoms with van der Waals surface area (Å²) in [5.74, 6) is -0.448. The Hall–Kier alpha value is -3.85. The smallest absolute Gasteiger partial charge is 0.274 e.